The minimum Gasteiger partial charge on any atom is -0.425 e. The number of hydrogen-bond donors (Lipinski definition) is 1. The number of halogens is 1. The van der Waals surface area contributed by atoms with E-state index in [2.05, 4.69) is 23.8 Å². The first-order valence-corrected chi connectivity index (χ1v) is 11.4. The first kappa shape index (κ1) is 23.7. The van der Waals surface area contributed by atoms with Crippen LogP contribution in [0.5, 0.6) is 11.8 Å². The Morgan fingerprint density at radius 3 is 2.56 bits per heavy atom. The van der Waals surface area contributed by atoms with Gasteiger partial charge in [0.15, 0.2) is 11.2 Å². The van der Waals surface area contributed by atoms with E-state index < -0.39 is 11.2 Å². The van der Waals surface area contributed by atoms with E-state index in [9.17, 15) is 14.7 Å². The van der Waals surface area contributed by atoms with Crippen LogP contribution in [-0.2, 0) is 20.1 Å². The number of aliphatic hydroxyl groups excluding tert-OH is 1. The van der Waals surface area contributed by atoms with Gasteiger partial charge in [0.1, 0.15) is 5.75 Å². The fourth-order valence-corrected chi connectivity index (χ4v) is 3.92. The van der Waals surface area contributed by atoms with Crippen LogP contribution >= 0.6 is 11.6 Å². The summed E-state index contributed by atoms with van der Waals surface area (Å²) in [6.07, 6.45) is 1.80. The van der Waals surface area contributed by atoms with Crippen molar-refractivity contribution >= 4 is 22.8 Å². The lowest BCUT2D eigenvalue weighted by Crippen LogP contribution is -2.39. The van der Waals surface area contributed by atoms with Gasteiger partial charge in [-0.05, 0) is 36.1 Å². The summed E-state index contributed by atoms with van der Waals surface area (Å²) in [6, 6.07) is 11.3. The van der Waals surface area contributed by atoms with Gasteiger partial charge in [0.2, 0.25) is 0 Å². The van der Waals surface area contributed by atoms with Crippen LogP contribution in [0, 0.1) is 0 Å². The smallest absolute Gasteiger partial charge is 0.332 e. The maximum Gasteiger partial charge on any atom is 0.332 e. The number of imidazole rings is 1. The standard InChI is InChI=1S/C24H26ClN5O4/c1-15(2)18-7-4-5-8-19(18)34-23-27-21-20(30(23)14-17-10-9-16(25)13-26-17)22(32)29(11-6-12-31)24(33)28(21)3/h4-5,7-10,13,15,31H,6,11-12,14H2,1-3H3. The quantitative estimate of drug-likeness (QED) is 0.412. The SMILES string of the molecule is CC(C)c1ccccc1Oc1nc2c(c(=O)n(CCCO)c(=O)n2C)n1Cc1ccc(Cl)cn1. The fourth-order valence-electron chi connectivity index (χ4n) is 3.81. The van der Waals surface area contributed by atoms with Crippen LogP contribution in [0.15, 0.2) is 52.2 Å². The molecule has 0 fully saturated rings. The van der Waals surface area contributed by atoms with Gasteiger partial charge in [-0.15, -0.1) is 0 Å². The van der Waals surface area contributed by atoms with Gasteiger partial charge in [0, 0.05) is 26.4 Å². The highest BCUT2D eigenvalue weighted by Crippen LogP contribution is 2.31. The summed E-state index contributed by atoms with van der Waals surface area (Å²) in [4.78, 5) is 35.2. The molecular weight excluding hydrogens is 458 g/mol. The molecule has 3 aromatic heterocycles. The Morgan fingerprint density at radius 1 is 1.12 bits per heavy atom. The fraction of sp³-hybridized carbons (Fsp3) is 0.333. The first-order valence-electron chi connectivity index (χ1n) is 11.0. The Balaban J connectivity index is 1.95. The van der Waals surface area contributed by atoms with Crippen LogP contribution in [-0.4, -0.2) is 35.4 Å². The first-order chi connectivity index (χ1) is 16.3. The molecule has 0 saturated heterocycles. The van der Waals surface area contributed by atoms with Crippen LogP contribution in [0.2, 0.25) is 5.02 Å². The Bertz CT molecular complexity index is 1440. The monoisotopic (exact) mass is 483 g/mol. The molecule has 0 spiro atoms. The lowest BCUT2D eigenvalue weighted by Gasteiger charge is -2.14. The molecule has 0 bridgehead atoms. The number of nitrogens with zero attached hydrogens (tertiary/aromatic N) is 5. The Kier molecular flexibility index (Phi) is 6.85. The number of ether oxygens (including phenoxy) is 1. The van der Waals surface area contributed by atoms with Crippen LogP contribution in [0.1, 0.15) is 37.4 Å². The van der Waals surface area contributed by atoms with Crippen LogP contribution in [0.25, 0.3) is 11.2 Å². The van der Waals surface area contributed by atoms with E-state index in [-0.39, 0.29) is 49.2 Å². The third-order valence-corrected chi connectivity index (χ3v) is 5.81. The molecule has 0 aliphatic carbocycles. The largest absolute Gasteiger partial charge is 0.425 e. The summed E-state index contributed by atoms with van der Waals surface area (Å²) >= 11 is 5.99. The van der Waals surface area contributed by atoms with Crippen molar-refractivity contribution in [1.82, 2.24) is 23.7 Å². The Labute approximate surface area is 200 Å². The summed E-state index contributed by atoms with van der Waals surface area (Å²) in [5.41, 5.74) is 1.05. The molecule has 0 aliphatic rings. The van der Waals surface area contributed by atoms with Gasteiger partial charge in [-0.1, -0.05) is 43.6 Å². The van der Waals surface area contributed by atoms with E-state index in [1.54, 1.807) is 23.7 Å². The number of hydrogen-bond acceptors (Lipinski definition) is 6. The van der Waals surface area contributed by atoms with Gasteiger partial charge in [0.05, 0.1) is 17.3 Å². The minimum atomic E-state index is -0.505. The van der Waals surface area contributed by atoms with Crippen molar-refractivity contribution in [2.24, 2.45) is 7.05 Å². The highest BCUT2D eigenvalue weighted by molar-refractivity contribution is 6.30. The zero-order chi connectivity index (χ0) is 24.4. The average molecular weight is 484 g/mol. The van der Waals surface area contributed by atoms with Crippen LogP contribution < -0.4 is 16.0 Å². The number of benzene rings is 1. The molecule has 0 radical (unpaired) electrons. The molecule has 1 aromatic carbocycles. The number of pyridine rings is 1. The summed E-state index contributed by atoms with van der Waals surface area (Å²) < 4.78 is 10.3. The third-order valence-electron chi connectivity index (χ3n) is 5.59. The Hall–Kier alpha value is -3.43. The van der Waals surface area contributed by atoms with Gasteiger partial charge >= 0.3 is 11.7 Å². The lowest BCUT2D eigenvalue weighted by atomic mass is 10.0. The molecule has 178 valence electrons. The van der Waals surface area contributed by atoms with Crippen LogP contribution in [0.4, 0.5) is 0 Å². The molecule has 0 atom stereocenters. The predicted octanol–water partition coefficient (Wildman–Crippen LogP) is 3.29. The summed E-state index contributed by atoms with van der Waals surface area (Å²) in [6.45, 7) is 4.26. The Morgan fingerprint density at radius 2 is 1.88 bits per heavy atom. The molecule has 0 aliphatic heterocycles. The predicted molar refractivity (Wildman–Crippen MR) is 130 cm³/mol. The summed E-state index contributed by atoms with van der Waals surface area (Å²) in [7, 11) is 1.56. The van der Waals surface area contributed by atoms with Crippen molar-refractivity contribution in [2.45, 2.75) is 39.3 Å². The van der Waals surface area contributed by atoms with Gasteiger partial charge < -0.3 is 9.84 Å². The van der Waals surface area contributed by atoms with E-state index >= 15 is 0 Å². The number of aromatic nitrogens is 5. The van der Waals surface area contributed by atoms with Crippen molar-refractivity contribution in [1.29, 1.82) is 0 Å². The molecule has 9 nitrogen and oxygen atoms in total. The number of fused-ring (bicyclic) bond motifs is 1. The van der Waals surface area contributed by atoms with E-state index in [0.717, 1.165) is 10.1 Å². The second-order valence-corrected chi connectivity index (χ2v) is 8.73. The molecule has 0 amide bonds. The molecule has 1 N–H and O–H groups in total. The maximum atomic E-state index is 13.4. The van der Waals surface area contributed by atoms with Gasteiger partial charge in [0.25, 0.3) is 5.56 Å². The highest BCUT2D eigenvalue weighted by Gasteiger charge is 2.23. The van der Waals surface area contributed by atoms with Crippen molar-refractivity contribution in [3.8, 4) is 11.8 Å². The van der Waals surface area contributed by atoms with Crippen molar-refractivity contribution in [3.63, 3.8) is 0 Å². The zero-order valence-electron chi connectivity index (χ0n) is 19.2. The number of para-hydroxylation sites is 1. The molecule has 34 heavy (non-hydrogen) atoms. The number of aliphatic hydroxyl groups is 1. The van der Waals surface area contributed by atoms with Crippen molar-refractivity contribution in [2.75, 3.05) is 6.61 Å². The second kappa shape index (κ2) is 9.82. The van der Waals surface area contributed by atoms with E-state index in [0.29, 0.717) is 16.5 Å². The topological polar surface area (TPSA) is 104 Å². The highest BCUT2D eigenvalue weighted by atomic mass is 35.5. The van der Waals surface area contributed by atoms with Crippen molar-refractivity contribution < 1.29 is 9.84 Å². The zero-order valence-corrected chi connectivity index (χ0v) is 20.0. The minimum absolute atomic E-state index is 0.0920. The second-order valence-electron chi connectivity index (χ2n) is 8.29. The van der Waals surface area contributed by atoms with E-state index in [4.69, 9.17) is 16.3 Å². The number of rotatable bonds is 8. The number of aryl methyl sites for hydroxylation is 1. The average Bonchev–Trinajstić information content (AvgIpc) is 3.17. The van der Waals surface area contributed by atoms with E-state index in [1.807, 2.05) is 24.3 Å². The summed E-state index contributed by atoms with van der Waals surface area (Å²) in [5, 5.41) is 9.72. The molecule has 4 aromatic rings. The van der Waals surface area contributed by atoms with Crippen molar-refractivity contribution in [3.05, 3.63) is 79.7 Å². The van der Waals surface area contributed by atoms with Gasteiger partial charge in [-0.3, -0.25) is 23.5 Å². The summed E-state index contributed by atoms with van der Waals surface area (Å²) in [5.74, 6) is 0.816. The van der Waals surface area contributed by atoms with Gasteiger partial charge in [-0.25, -0.2) is 4.79 Å². The molecule has 0 saturated carbocycles. The maximum absolute atomic E-state index is 13.4. The third kappa shape index (κ3) is 4.49. The normalized spacial score (nSPS) is 11.5. The lowest BCUT2D eigenvalue weighted by molar-refractivity contribution is 0.277. The van der Waals surface area contributed by atoms with Gasteiger partial charge in [-0.2, -0.15) is 4.98 Å². The molecule has 4 rings (SSSR count). The van der Waals surface area contributed by atoms with Crippen LogP contribution in [0.3, 0.4) is 0 Å². The molecule has 3 heterocycles. The molecule has 10 heteroatoms. The molecule has 0 unspecified atom stereocenters. The molecular formula is C24H26ClN5O4. The van der Waals surface area contributed by atoms with E-state index in [1.165, 1.54) is 10.8 Å².